The second kappa shape index (κ2) is 5.72. The topological polar surface area (TPSA) is 21.3 Å². The van der Waals surface area contributed by atoms with Crippen LogP contribution in [0, 0.1) is 12.3 Å². The number of likely N-dealkylation sites (N-methyl/N-ethyl adjacent to an activating group) is 1. The molecule has 0 heterocycles. The van der Waals surface area contributed by atoms with Gasteiger partial charge in [0.25, 0.3) is 0 Å². The summed E-state index contributed by atoms with van der Waals surface area (Å²) in [6.07, 6.45) is 3.73. The number of hydrogen-bond donors (Lipinski definition) is 1. The molecule has 2 atom stereocenters. The fraction of sp³-hybridized carbons (Fsp3) is 0.625. The summed E-state index contributed by atoms with van der Waals surface area (Å²) in [5, 5.41) is 4.18. The van der Waals surface area contributed by atoms with Crippen molar-refractivity contribution in [3.8, 4) is 5.75 Å². The lowest BCUT2D eigenvalue weighted by Crippen LogP contribution is -2.47. The highest BCUT2D eigenvalue weighted by atomic mass is 35.5. The van der Waals surface area contributed by atoms with E-state index in [1.54, 1.807) is 0 Å². The minimum atomic E-state index is 0.231. The fourth-order valence-corrected chi connectivity index (χ4v) is 2.96. The van der Waals surface area contributed by atoms with Crippen molar-refractivity contribution < 1.29 is 4.74 Å². The third kappa shape index (κ3) is 3.64. The zero-order chi connectivity index (χ0) is 14.0. The Morgan fingerprint density at radius 1 is 1.37 bits per heavy atom. The Morgan fingerprint density at radius 2 is 2.11 bits per heavy atom. The maximum absolute atomic E-state index is 6.21. The predicted octanol–water partition coefficient (Wildman–Crippen LogP) is 4.19. The first-order chi connectivity index (χ1) is 8.91. The lowest BCUT2D eigenvalue weighted by atomic mass is 9.74. The van der Waals surface area contributed by atoms with E-state index < -0.39 is 0 Å². The summed E-state index contributed by atoms with van der Waals surface area (Å²) >= 11 is 6.06. The predicted molar refractivity (Wildman–Crippen MR) is 81.1 cm³/mol. The van der Waals surface area contributed by atoms with Gasteiger partial charge in [-0.2, -0.15) is 0 Å². The van der Waals surface area contributed by atoms with E-state index in [4.69, 9.17) is 16.3 Å². The van der Waals surface area contributed by atoms with E-state index in [1.165, 1.54) is 12.8 Å². The molecule has 0 aromatic heterocycles. The number of ether oxygens (including phenoxy) is 1. The van der Waals surface area contributed by atoms with Gasteiger partial charge in [0.2, 0.25) is 0 Å². The summed E-state index contributed by atoms with van der Waals surface area (Å²) in [5.74, 6) is 0.921. The van der Waals surface area contributed by atoms with Crippen LogP contribution in [-0.4, -0.2) is 19.2 Å². The van der Waals surface area contributed by atoms with Gasteiger partial charge in [0.15, 0.2) is 0 Å². The van der Waals surface area contributed by atoms with Gasteiger partial charge in [-0.25, -0.2) is 0 Å². The van der Waals surface area contributed by atoms with Crippen LogP contribution in [0.25, 0.3) is 0 Å². The van der Waals surface area contributed by atoms with Crippen LogP contribution >= 0.6 is 11.6 Å². The minimum absolute atomic E-state index is 0.231. The molecule has 0 spiro atoms. The molecule has 1 aromatic carbocycles. The molecule has 3 heteroatoms. The minimum Gasteiger partial charge on any atom is -0.489 e. The van der Waals surface area contributed by atoms with Crippen molar-refractivity contribution in [3.05, 3.63) is 28.8 Å². The Bertz CT molecular complexity index is 444. The smallest absolute Gasteiger partial charge is 0.120 e. The van der Waals surface area contributed by atoms with E-state index >= 15 is 0 Å². The molecule has 1 aliphatic carbocycles. The van der Waals surface area contributed by atoms with Crippen LogP contribution in [0.4, 0.5) is 0 Å². The van der Waals surface area contributed by atoms with E-state index in [0.29, 0.717) is 11.5 Å². The number of halogens is 1. The molecule has 0 amide bonds. The SMILES string of the molecule is CNC1CCC(C)(C)CC1Oc1ccc(Cl)c(C)c1. The fourth-order valence-electron chi connectivity index (χ4n) is 2.84. The van der Waals surface area contributed by atoms with Gasteiger partial charge in [-0.1, -0.05) is 25.4 Å². The largest absolute Gasteiger partial charge is 0.489 e. The van der Waals surface area contributed by atoms with Crippen LogP contribution in [0.5, 0.6) is 5.75 Å². The van der Waals surface area contributed by atoms with Gasteiger partial charge in [0.05, 0.1) is 0 Å². The maximum Gasteiger partial charge on any atom is 0.120 e. The Balaban J connectivity index is 2.12. The summed E-state index contributed by atoms with van der Waals surface area (Å²) in [6.45, 7) is 6.65. The number of nitrogens with one attached hydrogen (secondary N) is 1. The summed E-state index contributed by atoms with van der Waals surface area (Å²) in [4.78, 5) is 0. The average molecular weight is 282 g/mol. The highest BCUT2D eigenvalue weighted by molar-refractivity contribution is 6.31. The molecule has 2 unspecified atom stereocenters. The third-order valence-electron chi connectivity index (χ3n) is 4.12. The maximum atomic E-state index is 6.21. The molecular weight excluding hydrogens is 258 g/mol. The van der Waals surface area contributed by atoms with Gasteiger partial charge >= 0.3 is 0 Å². The first kappa shape index (κ1) is 14.7. The van der Waals surface area contributed by atoms with Gasteiger partial charge in [0, 0.05) is 11.1 Å². The average Bonchev–Trinajstić information content (AvgIpc) is 2.33. The van der Waals surface area contributed by atoms with Crippen molar-refractivity contribution in [2.45, 2.75) is 52.2 Å². The molecule has 1 N–H and O–H groups in total. The molecule has 1 fully saturated rings. The molecule has 2 nitrogen and oxygen atoms in total. The summed E-state index contributed by atoms with van der Waals surface area (Å²) in [5.41, 5.74) is 1.43. The first-order valence-corrected chi connectivity index (χ1v) is 7.39. The molecule has 1 aliphatic rings. The standard InChI is InChI=1S/C16H24ClNO/c1-11-9-12(5-6-13(11)17)19-15-10-16(2,3)8-7-14(15)18-4/h5-6,9,14-15,18H,7-8,10H2,1-4H3. The lowest BCUT2D eigenvalue weighted by Gasteiger charge is -2.40. The van der Waals surface area contributed by atoms with Crippen molar-refractivity contribution in [2.24, 2.45) is 5.41 Å². The molecule has 0 radical (unpaired) electrons. The van der Waals surface area contributed by atoms with Crippen LogP contribution in [0.15, 0.2) is 18.2 Å². The molecule has 19 heavy (non-hydrogen) atoms. The van der Waals surface area contributed by atoms with E-state index in [0.717, 1.165) is 22.8 Å². The van der Waals surface area contributed by atoms with E-state index in [1.807, 2.05) is 32.2 Å². The highest BCUT2D eigenvalue weighted by Gasteiger charge is 2.35. The Hall–Kier alpha value is -0.730. The molecule has 0 saturated heterocycles. The quantitative estimate of drug-likeness (QED) is 0.897. The number of rotatable bonds is 3. The first-order valence-electron chi connectivity index (χ1n) is 7.01. The van der Waals surface area contributed by atoms with E-state index in [2.05, 4.69) is 19.2 Å². The van der Waals surface area contributed by atoms with Gasteiger partial charge in [0.1, 0.15) is 11.9 Å². The summed E-state index contributed by atoms with van der Waals surface area (Å²) in [7, 11) is 2.02. The molecule has 2 rings (SSSR count). The van der Waals surface area contributed by atoms with Crippen LogP contribution in [0.1, 0.15) is 38.7 Å². The number of aryl methyl sites for hydroxylation is 1. The monoisotopic (exact) mass is 281 g/mol. The van der Waals surface area contributed by atoms with Crippen LogP contribution in [-0.2, 0) is 0 Å². The lowest BCUT2D eigenvalue weighted by molar-refractivity contribution is 0.0558. The zero-order valence-electron chi connectivity index (χ0n) is 12.3. The van der Waals surface area contributed by atoms with Crippen molar-refractivity contribution >= 4 is 11.6 Å². The normalized spacial score (nSPS) is 26.2. The second-order valence-corrected chi connectivity index (χ2v) is 6.78. The van der Waals surface area contributed by atoms with Gasteiger partial charge in [-0.3, -0.25) is 0 Å². The van der Waals surface area contributed by atoms with E-state index in [-0.39, 0.29) is 6.10 Å². The van der Waals surface area contributed by atoms with Crippen molar-refractivity contribution in [1.82, 2.24) is 5.32 Å². The Morgan fingerprint density at radius 3 is 2.74 bits per heavy atom. The number of hydrogen-bond acceptors (Lipinski definition) is 2. The van der Waals surface area contributed by atoms with Crippen LogP contribution < -0.4 is 10.1 Å². The highest BCUT2D eigenvalue weighted by Crippen LogP contribution is 2.37. The molecule has 0 aliphatic heterocycles. The van der Waals surface area contributed by atoms with Crippen molar-refractivity contribution in [3.63, 3.8) is 0 Å². The summed E-state index contributed by atoms with van der Waals surface area (Å²) < 4.78 is 6.21. The zero-order valence-corrected chi connectivity index (χ0v) is 13.1. The van der Waals surface area contributed by atoms with Crippen molar-refractivity contribution in [1.29, 1.82) is 0 Å². The third-order valence-corrected chi connectivity index (χ3v) is 4.55. The van der Waals surface area contributed by atoms with E-state index in [9.17, 15) is 0 Å². The molecule has 106 valence electrons. The van der Waals surface area contributed by atoms with Crippen LogP contribution in [0.2, 0.25) is 5.02 Å². The molecule has 0 bridgehead atoms. The molecule has 1 aromatic rings. The molecule has 1 saturated carbocycles. The van der Waals surface area contributed by atoms with Crippen LogP contribution in [0.3, 0.4) is 0 Å². The second-order valence-electron chi connectivity index (χ2n) is 6.37. The Kier molecular flexibility index (Phi) is 4.42. The number of benzene rings is 1. The van der Waals surface area contributed by atoms with Gasteiger partial charge in [-0.05, 0) is 62.4 Å². The van der Waals surface area contributed by atoms with Crippen molar-refractivity contribution in [2.75, 3.05) is 7.05 Å². The Labute approximate surface area is 121 Å². The molecular formula is C16H24ClNO. The summed E-state index contributed by atoms with van der Waals surface area (Å²) in [6, 6.07) is 6.33. The van der Waals surface area contributed by atoms with Gasteiger partial charge in [-0.15, -0.1) is 0 Å². The van der Waals surface area contributed by atoms with Gasteiger partial charge < -0.3 is 10.1 Å².